The maximum Gasteiger partial charge on any atom is 0.416 e. The van der Waals surface area contributed by atoms with E-state index in [0.29, 0.717) is 32.1 Å². The number of carbonyl (C=O) groups excluding carboxylic acids is 1. The van der Waals surface area contributed by atoms with Gasteiger partial charge >= 0.3 is 6.18 Å². The second kappa shape index (κ2) is 6.21. The fourth-order valence-corrected chi connectivity index (χ4v) is 3.82. The van der Waals surface area contributed by atoms with Crippen LogP contribution in [0.1, 0.15) is 21.7 Å². The number of nitrogens with zero attached hydrogens (tertiary/aromatic N) is 2. The van der Waals surface area contributed by atoms with Gasteiger partial charge in [-0.1, -0.05) is 22.9 Å². The molecule has 4 rings (SSSR count). The van der Waals surface area contributed by atoms with E-state index in [9.17, 15) is 18.0 Å². The molecule has 27 heavy (non-hydrogen) atoms. The number of anilines is 1. The van der Waals surface area contributed by atoms with Gasteiger partial charge in [-0.2, -0.15) is 13.2 Å². The third-order valence-corrected chi connectivity index (χ3v) is 5.00. The number of imidazole rings is 1. The fourth-order valence-electron chi connectivity index (χ4n) is 2.70. The summed E-state index contributed by atoms with van der Waals surface area (Å²) in [5, 5.41) is 3.16. The van der Waals surface area contributed by atoms with Crippen LogP contribution < -0.4 is 5.32 Å². The number of aromatic amines is 1. The zero-order valence-electron chi connectivity index (χ0n) is 13.6. The van der Waals surface area contributed by atoms with Crippen LogP contribution in [0.15, 0.2) is 30.3 Å². The number of aromatic nitrogens is 3. The van der Waals surface area contributed by atoms with Crippen LogP contribution in [0, 0.1) is 6.92 Å². The zero-order chi connectivity index (χ0) is 19.3. The van der Waals surface area contributed by atoms with Gasteiger partial charge in [0.1, 0.15) is 11.3 Å². The Balaban J connectivity index is 1.69. The highest BCUT2D eigenvalue weighted by molar-refractivity contribution is 7.22. The molecular formula is C17H10ClF3N4OS. The van der Waals surface area contributed by atoms with Gasteiger partial charge in [0.2, 0.25) is 0 Å². The predicted octanol–water partition coefficient (Wildman–Crippen LogP) is 5.41. The number of H-pyrrole nitrogens is 1. The molecule has 2 N–H and O–H groups in total. The van der Waals surface area contributed by atoms with Crippen LogP contribution in [-0.4, -0.2) is 20.9 Å². The summed E-state index contributed by atoms with van der Waals surface area (Å²) < 4.78 is 38.8. The first kappa shape index (κ1) is 17.7. The minimum absolute atomic E-state index is 0.190. The molecule has 2 aromatic carbocycles. The summed E-state index contributed by atoms with van der Waals surface area (Å²) in [6.07, 6.45) is -4.44. The number of fused-ring (bicyclic) bond motifs is 2. The van der Waals surface area contributed by atoms with Gasteiger partial charge in [0, 0.05) is 5.02 Å². The first-order valence-electron chi connectivity index (χ1n) is 7.66. The summed E-state index contributed by atoms with van der Waals surface area (Å²) in [4.78, 5) is 24.1. The molecule has 0 bridgehead atoms. The Hall–Kier alpha value is -2.65. The Kier molecular flexibility index (Phi) is 4.08. The zero-order valence-corrected chi connectivity index (χ0v) is 15.2. The molecule has 1 amide bonds. The van der Waals surface area contributed by atoms with Crippen LogP contribution in [-0.2, 0) is 6.18 Å². The summed E-state index contributed by atoms with van der Waals surface area (Å²) in [6, 6.07) is 6.38. The lowest BCUT2D eigenvalue weighted by Gasteiger charge is -2.04. The summed E-state index contributed by atoms with van der Waals surface area (Å²) >= 11 is 7.02. The molecule has 0 saturated heterocycles. The number of aryl methyl sites for hydroxylation is 1. The van der Waals surface area contributed by atoms with Crippen molar-refractivity contribution in [2.75, 3.05) is 5.32 Å². The normalized spacial score (nSPS) is 12.0. The molecule has 4 aromatic rings. The molecule has 0 radical (unpaired) electrons. The average molecular weight is 411 g/mol. The smallest absolute Gasteiger partial charge is 0.342 e. The molecule has 2 heterocycles. The van der Waals surface area contributed by atoms with Gasteiger partial charge in [-0.15, -0.1) is 0 Å². The topological polar surface area (TPSA) is 70.7 Å². The number of alkyl halides is 3. The Morgan fingerprint density at radius 1 is 1.22 bits per heavy atom. The number of rotatable bonds is 2. The van der Waals surface area contributed by atoms with Crippen molar-refractivity contribution in [2.24, 2.45) is 0 Å². The van der Waals surface area contributed by atoms with E-state index >= 15 is 0 Å². The fraction of sp³-hybridized carbons (Fsp3) is 0.118. The third-order valence-electron chi connectivity index (χ3n) is 3.85. The van der Waals surface area contributed by atoms with E-state index in [0.717, 1.165) is 23.5 Å². The van der Waals surface area contributed by atoms with E-state index in [1.807, 2.05) is 0 Å². The van der Waals surface area contributed by atoms with Crippen LogP contribution in [0.25, 0.3) is 21.3 Å². The van der Waals surface area contributed by atoms with Crippen LogP contribution in [0.5, 0.6) is 0 Å². The minimum Gasteiger partial charge on any atom is -0.342 e. The Labute approximate surface area is 159 Å². The number of carbonyl (C=O) groups is 1. The highest BCUT2D eigenvalue weighted by atomic mass is 35.5. The van der Waals surface area contributed by atoms with Crippen molar-refractivity contribution < 1.29 is 18.0 Å². The maximum atomic E-state index is 12.8. The molecule has 0 unspecified atom stereocenters. The number of hydrogen-bond acceptors (Lipinski definition) is 4. The number of nitrogens with one attached hydrogen (secondary N) is 2. The largest absolute Gasteiger partial charge is 0.416 e. The minimum atomic E-state index is -4.44. The van der Waals surface area contributed by atoms with Crippen molar-refractivity contribution >= 4 is 55.2 Å². The molecule has 0 fully saturated rings. The lowest BCUT2D eigenvalue weighted by molar-refractivity contribution is -0.137. The van der Waals surface area contributed by atoms with Gasteiger partial charge in [-0.3, -0.25) is 10.1 Å². The molecular weight excluding hydrogens is 401 g/mol. The Morgan fingerprint density at radius 2 is 2.00 bits per heavy atom. The van der Waals surface area contributed by atoms with Crippen molar-refractivity contribution in [3.8, 4) is 0 Å². The van der Waals surface area contributed by atoms with Gasteiger partial charge < -0.3 is 4.98 Å². The van der Waals surface area contributed by atoms with Gasteiger partial charge in [-0.05, 0) is 37.3 Å². The number of hydrogen-bond donors (Lipinski definition) is 2. The van der Waals surface area contributed by atoms with E-state index in [4.69, 9.17) is 11.6 Å². The van der Waals surface area contributed by atoms with E-state index in [1.54, 1.807) is 13.0 Å². The monoisotopic (exact) mass is 410 g/mol. The van der Waals surface area contributed by atoms with Crippen LogP contribution in [0.3, 0.4) is 0 Å². The van der Waals surface area contributed by atoms with Crippen molar-refractivity contribution in [1.82, 2.24) is 15.0 Å². The van der Waals surface area contributed by atoms with Gasteiger partial charge in [0.15, 0.2) is 5.13 Å². The standard InChI is InChI=1S/C17H10ClF3N4OS/c1-7-22-12-6-9(18)5-10(14(12)23-7)15(26)25-16-24-11-3-2-8(17(19,20)21)4-13(11)27-16/h2-6H,1H3,(H,22,23)(H,24,25,26). The molecule has 0 aliphatic rings. The summed E-state index contributed by atoms with van der Waals surface area (Å²) in [6.45, 7) is 1.75. The lowest BCUT2D eigenvalue weighted by Crippen LogP contribution is -2.12. The number of benzene rings is 2. The average Bonchev–Trinajstić information content (AvgIpc) is 3.13. The van der Waals surface area contributed by atoms with E-state index in [2.05, 4.69) is 20.3 Å². The van der Waals surface area contributed by atoms with Crippen molar-refractivity contribution in [2.45, 2.75) is 13.1 Å². The third kappa shape index (κ3) is 3.35. The molecule has 5 nitrogen and oxygen atoms in total. The SMILES string of the molecule is Cc1nc2c(C(=O)Nc3nc4ccc(C(F)(F)F)cc4s3)cc(Cl)cc2[nH]1. The summed E-state index contributed by atoms with van der Waals surface area (Å²) in [5.41, 5.74) is 0.923. The molecule has 0 saturated carbocycles. The lowest BCUT2D eigenvalue weighted by atomic mass is 10.1. The molecule has 2 aromatic heterocycles. The van der Waals surface area contributed by atoms with E-state index < -0.39 is 17.6 Å². The first-order valence-corrected chi connectivity index (χ1v) is 8.85. The maximum absolute atomic E-state index is 12.8. The second-order valence-corrected chi connectivity index (χ2v) is 7.29. The molecule has 0 atom stereocenters. The Morgan fingerprint density at radius 3 is 2.74 bits per heavy atom. The summed E-state index contributed by atoms with van der Waals surface area (Å²) in [7, 11) is 0. The van der Waals surface area contributed by atoms with E-state index in [1.165, 1.54) is 12.1 Å². The highest BCUT2D eigenvalue weighted by Gasteiger charge is 2.30. The van der Waals surface area contributed by atoms with Crippen LogP contribution >= 0.6 is 22.9 Å². The first-order chi connectivity index (χ1) is 12.7. The summed E-state index contributed by atoms with van der Waals surface area (Å²) in [5.74, 6) is 0.130. The van der Waals surface area contributed by atoms with Crippen molar-refractivity contribution in [1.29, 1.82) is 0 Å². The number of halogens is 4. The second-order valence-electron chi connectivity index (χ2n) is 5.83. The van der Waals surface area contributed by atoms with Crippen molar-refractivity contribution in [3.63, 3.8) is 0 Å². The van der Waals surface area contributed by atoms with Gasteiger partial charge in [0.05, 0.1) is 26.9 Å². The predicted molar refractivity (Wildman–Crippen MR) is 98.4 cm³/mol. The number of thiazole rings is 1. The Bertz CT molecular complexity index is 1200. The van der Waals surface area contributed by atoms with E-state index in [-0.39, 0.29) is 10.7 Å². The number of amides is 1. The van der Waals surface area contributed by atoms with Gasteiger partial charge in [0.25, 0.3) is 5.91 Å². The van der Waals surface area contributed by atoms with Crippen molar-refractivity contribution in [3.05, 3.63) is 52.3 Å². The molecule has 0 aliphatic carbocycles. The quantitative estimate of drug-likeness (QED) is 0.464. The molecule has 0 aliphatic heterocycles. The highest BCUT2D eigenvalue weighted by Crippen LogP contribution is 2.34. The van der Waals surface area contributed by atoms with Gasteiger partial charge in [-0.25, -0.2) is 9.97 Å². The molecule has 0 spiro atoms. The molecule has 10 heteroatoms. The van der Waals surface area contributed by atoms with Crippen LogP contribution in [0.2, 0.25) is 5.02 Å². The van der Waals surface area contributed by atoms with Crippen LogP contribution in [0.4, 0.5) is 18.3 Å². The molecule has 138 valence electrons.